The summed E-state index contributed by atoms with van der Waals surface area (Å²) in [7, 11) is 0. The lowest BCUT2D eigenvalue weighted by Crippen LogP contribution is -2.07. The Labute approximate surface area is 99.0 Å². The minimum absolute atomic E-state index is 0.0132. The number of benzene rings is 1. The van der Waals surface area contributed by atoms with Crippen LogP contribution in [0, 0.1) is 0 Å². The highest BCUT2D eigenvalue weighted by Crippen LogP contribution is 2.21. The van der Waals surface area contributed by atoms with Crippen LogP contribution in [0.2, 0.25) is 5.02 Å². The fourth-order valence-corrected chi connectivity index (χ4v) is 1.98. The minimum atomic E-state index is -0.0132. The molecule has 0 N–H and O–H groups in total. The number of aromatic nitrogens is 2. The van der Waals surface area contributed by atoms with E-state index in [-0.39, 0.29) is 5.78 Å². The Balaban J connectivity index is 2.71. The van der Waals surface area contributed by atoms with Crippen LogP contribution in [0.1, 0.15) is 30.9 Å². The zero-order chi connectivity index (χ0) is 11.7. The van der Waals surface area contributed by atoms with Gasteiger partial charge in [-0.2, -0.15) is 0 Å². The van der Waals surface area contributed by atoms with Crippen LogP contribution in [-0.4, -0.2) is 15.3 Å². The first-order valence-corrected chi connectivity index (χ1v) is 5.68. The zero-order valence-electron chi connectivity index (χ0n) is 9.33. The molecule has 3 nitrogen and oxygen atoms in total. The summed E-state index contributed by atoms with van der Waals surface area (Å²) in [5.74, 6) is 0.500. The van der Waals surface area contributed by atoms with E-state index in [9.17, 15) is 4.79 Å². The second kappa shape index (κ2) is 4.26. The van der Waals surface area contributed by atoms with Crippen molar-refractivity contribution >= 4 is 28.4 Å². The maximum atomic E-state index is 11.5. The van der Waals surface area contributed by atoms with Crippen molar-refractivity contribution in [3.63, 3.8) is 0 Å². The fourth-order valence-electron chi connectivity index (χ4n) is 1.81. The number of halogens is 1. The van der Waals surface area contributed by atoms with Gasteiger partial charge in [0, 0.05) is 18.5 Å². The molecule has 0 fully saturated rings. The maximum Gasteiger partial charge on any atom is 0.195 e. The number of aryl methyl sites for hydroxylation is 1. The first kappa shape index (κ1) is 11.1. The van der Waals surface area contributed by atoms with Gasteiger partial charge in [0.05, 0.1) is 11.0 Å². The van der Waals surface area contributed by atoms with Crippen LogP contribution in [0.5, 0.6) is 0 Å². The fraction of sp³-hybridized carbons (Fsp3) is 0.333. The van der Waals surface area contributed by atoms with Crippen LogP contribution in [-0.2, 0) is 6.54 Å². The number of hydrogen-bond acceptors (Lipinski definition) is 2. The molecule has 0 amide bonds. The van der Waals surface area contributed by atoms with E-state index in [4.69, 9.17) is 11.6 Å². The Hall–Kier alpha value is -1.35. The largest absolute Gasteiger partial charge is 0.321 e. The van der Waals surface area contributed by atoms with Gasteiger partial charge in [0.25, 0.3) is 0 Å². The van der Waals surface area contributed by atoms with Gasteiger partial charge in [-0.15, -0.1) is 0 Å². The standard InChI is InChI=1S/C12H13ClN2O/c1-3-6-15-11-7-9(13)4-5-10(11)14-12(15)8(2)16/h4-5,7H,3,6H2,1-2H3. The van der Waals surface area contributed by atoms with Crippen molar-refractivity contribution in [2.24, 2.45) is 0 Å². The molecule has 16 heavy (non-hydrogen) atoms. The molecule has 1 aromatic heterocycles. The van der Waals surface area contributed by atoms with Crippen molar-refractivity contribution < 1.29 is 4.79 Å². The van der Waals surface area contributed by atoms with E-state index in [0.717, 1.165) is 24.0 Å². The molecule has 0 aliphatic rings. The molecule has 4 heteroatoms. The third kappa shape index (κ3) is 1.83. The molecule has 0 saturated heterocycles. The number of imidazole rings is 1. The van der Waals surface area contributed by atoms with Gasteiger partial charge in [-0.05, 0) is 24.6 Å². The molecule has 0 radical (unpaired) electrons. The third-order valence-electron chi connectivity index (χ3n) is 2.47. The Morgan fingerprint density at radius 2 is 2.25 bits per heavy atom. The minimum Gasteiger partial charge on any atom is -0.321 e. The molecule has 0 spiro atoms. The first-order valence-electron chi connectivity index (χ1n) is 5.30. The Morgan fingerprint density at radius 1 is 1.50 bits per heavy atom. The van der Waals surface area contributed by atoms with Gasteiger partial charge < -0.3 is 4.57 Å². The lowest BCUT2D eigenvalue weighted by Gasteiger charge is -2.04. The molecule has 0 saturated carbocycles. The zero-order valence-corrected chi connectivity index (χ0v) is 10.1. The molecule has 0 unspecified atom stereocenters. The summed E-state index contributed by atoms with van der Waals surface area (Å²) in [4.78, 5) is 15.8. The van der Waals surface area contributed by atoms with Gasteiger partial charge in [0.15, 0.2) is 11.6 Å². The number of carbonyl (C=O) groups is 1. The Kier molecular flexibility index (Phi) is 2.97. The quantitative estimate of drug-likeness (QED) is 0.767. The Bertz CT molecular complexity index is 545. The lowest BCUT2D eigenvalue weighted by atomic mass is 10.3. The first-order chi connectivity index (χ1) is 7.63. The number of Topliss-reactive ketones (excluding diaryl/α,β-unsaturated/α-hetero) is 1. The normalized spacial score (nSPS) is 10.9. The molecule has 0 aliphatic heterocycles. The summed E-state index contributed by atoms with van der Waals surface area (Å²) < 4.78 is 1.93. The van der Waals surface area contributed by atoms with Crippen molar-refractivity contribution in [1.29, 1.82) is 0 Å². The highest BCUT2D eigenvalue weighted by Gasteiger charge is 2.13. The van der Waals surface area contributed by atoms with E-state index < -0.39 is 0 Å². The summed E-state index contributed by atoms with van der Waals surface area (Å²) in [6, 6.07) is 5.49. The number of hydrogen-bond donors (Lipinski definition) is 0. The van der Waals surface area contributed by atoms with Crippen LogP contribution in [0.15, 0.2) is 18.2 Å². The highest BCUT2D eigenvalue weighted by atomic mass is 35.5. The van der Waals surface area contributed by atoms with E-state index >= 15 is 0 Å². The summed E-state index contributed by atoms with van der Waals surface area (Å²) in [5.41, 5.74) is 1.75. The smallest absolute Gasteiger partial charge is 0.195 e. The summed E-state index contributed by atoms with van der Waals surface area (Å²) in [5, 5.41) is 0.667. The van der Waals surface area contributed by atoms with Gasteiger partial charge >= 0.3 is 0 Å². The van der Waals surface area contributed by atoms with Crippen LogP contribution >= 0.6 is 11.6 Å². The third-order valence-corrected chi connectivity index (χ3v) is 2.71. The molecular weight excluding hydrogens is 224 g/mol. The molecule has 2 aromatic rings. The molecule has 1 heterocycles. The van der Waals surface area contributed by atoms with Crippen molar-refractivity contribution in [3.05, 3.63) is 29.0 Å². The molecule has 0 bridgehead atoms. The SMILES string of the molecule is CCCn1c(C(C)=O)nc2ccc(Cl)cc21. The topological polar surface area (TPSA) is 34.9 Å². The number of nitrogens with zero attached hydrogens (tertiary/aromatic N) is 2. The molecule has 0 atom stereocenters. The highest BCUT2D eigenvalue weighted by molar-refractivity contribution is 6.31. The second-order valence-corrected chi connectivity index (χ2v) is 4.21. The van der Waals surface area contributed by atoms with Gasteiger partial charge in [-0.1, -0.05) is 18.5 Å². The lowest BCUT2D eigenvalue weighted by molar-refractivity contribution is 0.1000. The van der Waals surface area contributed by atoms with E-state index in [1.165, 1.54) is 6.92 Å². The molecular formula is C12H13ClN2O. The van der Waals surface area contributed by atoms with Crippen molar-refractivity contribution in [2.75, 3.05) is 0 Å². The maximum absolute atomic E-state index is 11.5. The predicted octanol–water partition coefficient (Wildman–Crippen LogP) is 3.30. The second-order valence-electron chi connectivity index (χ2n) is 3.78. The van der Waals surface area contributed by atoms with Gasteiger partial charge in [-0.25, -0.2) is 4.98 Å². The molecule has 2 rings (SSSR count). The Morgan fingerprint density at radius 3 is 2.88 bits per heavy atom. The van der Waals surface area contributed by atoms with E-state index in [2.05, 4.69) is 11.9 Å². The van der Waals surface area contributed by atoms with Gasteiger partial charge in [0.2, 0.25) is 0 Å². The predicted molar refractivity (Wildman–Crippen MR) is 65.0 cm³/mol. The molecule has 84 valence electrons. The van der Waals surface area contributed by atoms with Gasteiger partial charge in [0.1, 0.15) is 0 Å². The monoisotopic (exact) mass is 236 g/mol. The van der Waals surface area contributed by atoms with Crippen LogP contribution in [0.25, 0.3) is 11.0 Å². The summed E-state index contributed by atoms with van der Waals surface area (Å²) in [6.07, 6.45) is 0.957. The van der Waals surface area contributed by atoms with Gasteiger partial charge in [-0.3, -0.25) is 4.79 Å². The number of rotatable bonds is 3. The van der Waals surface area contributed by atoms with Crippen molar-refractivity contribution in [3.8, 4) is 0 Å². The summed E-state index contributed by atoms with van der Waals surface area (Å²) >= 11 is 5.95. The number of fused-ring (bicyclic) bond motifs is 1. The molecule has 0 aliphatic carbocycles. The van der Waals surface area contributed by atoms with Crippen LogP contribution < -0.4 is 0 Å². The van der Waals surface area contributed by atoms with Crippen LogP contribution in [0.4, 0.5) is 0 Å². The summed E-state index contributed by atoms with van der Waals surface area (Å²) in [6.45, 7) is 4.39. The van der Waals surface area contributed by atoms with E-state index in [0.29, 0.717) is 10.8 Å². The average molecular weight is 237 g/mol. The van der Waals surface area contributed by atoms with Crippen molar-refractivity contribution in [1.82, 2.24) is 9.55 Å². The number of ketones is 1. The van der Waals surface area contributed by atoms with E-state index in [1.54, 1.807) is 6.07 Å². The van der Waals surface area contributed by atoms with Crippen LogP contribution in [0.3, 0.4) is 0 Å². The number of carbonyl (C=O) groups excluding carboxylic acids is 1. The average Bonchev–Trinajstić information content (AvgIpc) is 2.58. The molecule has 1 aromatic carbocycles. The van der Waals surface area contributed by atoms with Crippen molar-refractivity contribution in [2.45, 2.75) is 26.8 Å². The van der Waals surface area contributed by atoms with E-state index in [1.807, 2.05) is 16.7 Å².